The summed E-state index contributed by atoms with van der Waals surface area (Å²) in [4.78, 5) is 17.6. The highest BCUT2D eigenvalue weighted by Gasteiger charge is 2.16. The highest BCUT2D eigenvalue weighted by atomic mass is 32.1. The Balaban J connectivity index is 2.30. The second-order valence-electron chi connectivity index (χ2n) is 6.06. The summed E-state index contributed by atoms with van der Waals surface area (Å²) in [7, 11) is 0. The molecule has 0 aliphatic heterocycles. The molecule has 0 atom stereocenters. The van der Waals surface area contributed by atoms with Crippen LogP contribution >= 0.6 is 11.3 Å². The molecule has 1 N–H and O–H groups in total. The molecule has 0 aliphatic carbocycles. The molecular weight excluding hydrogens is 316 g/mol. The Bertz CT molecular complexity index is 1030. The maximum Gasteiger partial charge on any atom is 0.266 e. The highest BCUT2D eigenvalue weighted by molar-refractivity contribution is 7.12. The molecule has 0 spiro atoms. The van der Waals surface area contributed by atoms with Gasteiger partial charge in [-0.2, -0.15) is 5.26 Å². The lowest BCUT2D eigenvalue weighted by molar-refractivity contribution is 1.21. The number of aryl methyl sites for hydroxylation is 4. The third-order valence-electron chi connectivity index (χ3n) is 4.15. The molecule has 120 valence electrons. The maximum absolute atomic E-state index is 12.5. The van der Waals surface area contributed by atoms with E-state index in [9.17, 15) is 10.1 Å². The van der Waals surface area contributed by atoms with Gasteiger partial charge in [0.1, 0.15) is 11.6 Å². The Morgan fingerprint density at radius 3 is 2.33 bits per heavy atom. The van der Waals surface area contributed by atoms with Gasteiger partial charge < -0.3 is 4.98 Å². The number of hydrogen-bond donors (Lipinski definition) is 1. The van der Waals surface area contributed by atoms with Crippen LogP contribution in [0.3, 0.4) is 0 Å². The molecule has 0 fully saturated rings. The van der Waals surface area contributed by atoms with Crippen LogP contribution in [-0.4, -0.2) is 4.98 Å². The average Bonchev–Trinajstić information content (AvgIpc) is 2.85. The number of hydrogen-bond acceptors (Lipinski definition) is 3. The zero-order chi connectivity index (χ0) is 17.4. The predicted molar refractivity (Wildman–Crippen MR) is 99.5 cm³/mol. The fraction of sp³-hybridized carbons (Fsp3) is 0.200. The highest BCUT2D eigenvalue weighted by Crippen LogP contribution is 2.34. The third kappa shape index (κ3) is 2.79. The van der Waals surface area contributed by atoms with Gasteiger partial charge in [-0.1, -0.05) is 23.8 Å². The molecule has 0 saturated heterocycles. The minimum absolute atomic E-state index is 0.171. The van der Waals surface area contributed by atoms with Crippen molar-refractivity contribution in [2.24, 2.45) is 0 Å². The summed E-state index contributed by atoms with van der Waals surface area (Å²) < 4.78 is 0. The number of thiophene rings is 1. The van der Waals surface area contributed by atoms with Crippen molar-refractivity contribution in [1.82, 2.24) is 4.98 Å². The van der Waals surface area contributed by atoms with Gasteiger partial charge in [-0.05, 0) is 51.0 Å². The zero-order valence-corrected chi connectivity index (χ0v) is 15.0. The summed E-state index contributed by atoms with van der Waals surface area (Å²) in [6.07, 6.45) is 0. The van der Waals surface area contributed by atoms with Gasteiger partial charge in [0.25, 0.3) is 5.56 Å². The first-order chi connectivity index (χ1) is 11.4. The second kappa shape index (κ2) is 6.10. The van der Waals surface area contributed by atoms with Crippen molar-refractivity contribution in [3.05, 3.63) is 67.1 Å². The van der Waals surface area contributed by atoms with E-state index in [4.69, 9.17) is 0 Å². The molecule has 0 radical (unpaired) electrons. The van der Waals surface area contributed by atoms with E-state index in [1.807, 2.05) is 52.0 Å². The van der Waals surface area contributed by atoms with Gasteiger partial charge in [0.05, 0.1) is 0 Å². The first kappa shape index (κ1) is 16.2. The summed E-state index contributed by atoms with van der Waals surface area (Å²) >= 11 is 1.67. The molecule has 4 heteroatoms. The number of nitriles is 1. The van der Waals surface area contributed by atoms with E-state index >= 15 is 0 Å². The van der Waals surface area contributed by atoms with Crippen molar-refractivity contribution in [2.45, 2.75) is 27.7 Å². The zero-order valence-electron chi connectivity index (χ0n) is 14.2. The van der Waals surface area contributed by atoms with E-state index in [0.29, 0.717) is 5.56 Å². The van der Waals surface area contributed by atoms with Gasteiger partial charge in [0.15, 0.2) is 0 Å². The van der Waals surface area contributed by atoms with Crippen LogP contribution in [0.4, 0.5) is 0 Å². The number of rotatable bonds is 2. The van der Waals surface area contributed by atoms with E-state index in [2.05, 4.69) is 17.1 Å². The van der Waals surface area contributed by atoms with Crippen LogP contribution in [0.25, 0.3) is 22.4 Å². The Labute approximate surface area is 145 Å². The fourth-order valence-electron chi connectivity index (χ4n) is 3.04. The van der Waals surface area contributed by atoms with E-state index in [0.717, 1.165) is 27.3 Å². The second-order valence-corrected chi connectivity index (χ2v) is 7.52. The molecule has 2 aromatic heterocycles. The van der Waals surface area contributed by atoms with Gasteiger partial charge in [-0.15, -0.1) is 11.3 Å². The smallest absolute Gasteiger partial charge is 0.266 e. The van der Waals surface area contributed by atoms with Gasteiger partial charge in [-0.25, -0.2) is 0 Å². The number of nitrogens with zero attached hydrogens (tertiary/aromatic N) is 1. The summed E-state index contributed by atoms with van der Waals surface area (Å²) in [5.41, 5.74) is 5.50. The summed E-state index contributed by atoms with van der Waals surface area (Å²) in [6, 6.07) is 12.2. The van der Waals surface area contributed by atoms with Gasteiger partial charge in [-0.3, -0.25) is 4.79 Å². The molecule has 3 rings (SSSR count). The Kier molecular flexibility index (Phi) is 4.13. The summed E-state index contributed by atoms with van der Waals surface area (Å²) in [5.74, 6) is 0. The molecule has 0 amide bonds. The molecule has 3 aromatic rings. The maximum atomic E-state index is 12.5. The first-order valence-electron chi connectivity index (χ1n) is 7.73. The minimum atomic E-state index is -0.340. The summed E-state index contributed by atoms with van der Waals surface area (Å²) in [6.45, 7) is 8.12. The predicted octanol–water partition coefficient (Wildman–Crippen LogP) is 4.88. The largest absolute Gasteiger partial charge is 0.321 e. The van der Waals surface area contributed by atoms with Gasteiger partial charge in [0, 0.05) is 26.6 Å². The van der Waals surface area contributed by atoms with Gasteiger partial charge >= 0.3 is 0 Å². The van der Waals surface area contributed by atoms with Crippen LogP contribution in [0.2, 0.25) is 0 Å². The molecule has 0 aliphatic rings. The lowest BCUT2D eigenvalue weighted by Crippen LogP contribution is -2.13. The molecule has 0 unspecified atom stereocenters. The van der Waals surface area contributed by atoms with Crippen LogP contribution in [0.15, 0.2) is 35.1 Å². The standard InChI is InChI=1S/C20H18N2OS/c1-11-5-6-15(12(2)7-11)19-9-17(18(10-21)20(23)22-19)16-8-13(3)24-14(16)4/h5-9H,1-4H3,(H,22,23). The monoisotopic (exact) mass is 334 g/mol. The summed E-state index contributed by atoms with van der Waals surface area (Å²) in [5, 5.41) is 9.44. The van der Waals surface area contributed by atoms with E-state index < -0.39 is 0 Å². The van der Waals surface area contributed by atoms with E-state index in [-0.39, 0.29) is 11.1 Å². The topological polar surface area (TPSA) is 56.6 Å². The Morgan fingerprint density at radius 2 is 1.75 bits per heavy atom. The first-order valence-corrected chi connectivity index (χ1v) is 8.55. The number of nitrogens with one attached hydrogen (secondary N) is 1. The number of benzene rings is 1. The van der Waals surface area contributed by atoms with E-state index in [1.165, 1.54) is 10.4 Å². The van der Waals surface area contributed by atoms with E-state index in [1.54, 1.807) is 11.3 Å². The number of H-pyrrole nitrogens is 1. The SMILES string of the molecule is Cc1ccc(-c2cc(-c3cc(C)sc3C)c(C#N)c(=O)[nH]2)c(C)c1. The van der Waals surface area contributed by atoms with Crippen molar-refractivity contribution in [3.63, 3.8) is 0 Å². The molecule has 24 heavy (non-hydrogen) atoms. The fourth-order valence-corrected chi connectivity index (χ4v) is 3.98. The number of aromatic nitrogens is 1. The normalized spacial score (nSPS) is 10.6. The van der Waals surface area contributed by atoms with Crippen molar-refractivity contribution in [2.75, 3.05) is 0 Å². The number of pyridine rings is 1. The average molecular weight is 334 g/mol. The third-order valence-corrected chi connectivity index (χ3v) is 5.11. The van der Waals surface area contributed by atoms with Crippen molar-refractivity contribution < 1.29 is 0 Å². The molecule has 0 bridgehead atoms. The Hall–Kier alpha value is -2.64. The van der Waals surface area contributed by atoms with Crippen molar-refractivity contribution in [3.8, 4) is 28.5 Å². The molecule has 3 nitrogen and oxygen atoms in total. The molecule has 2 heterocycles. The minimum Gasteiger partial charge on any atom is -0.321 e. The lowest BCUT2D eigenvalue weighted by atomic mass is 9.97. The van der Waals surface area contributed by atoms with Crippen LogP contribution < -0.4 is 5.56 Å². The molecule has 0 saturated carbocycles. The lowest BCUT2D eigenvalue weighted by Gasteiger charge is -2.10. The van der Waals surface area contributed by atoms with Crippen LogP contribution in [0.5, 0.6) is 0 Å². The van der Waals surface area contributed by atoms with Crippen LogP contribution in [0, 0.1) is 39.0 Å². The molecular formula is C20H18N2OS. The van der Waals surface area contributed by atoms with Crippen molar-refractivity contribution in [1.29, 1.82) is 5.26 Å². The Morgan fingerprint density at radius 1 is 1.00 bits per heavy atom. The number of aromatic amines is 1. The quantitative estimate of drug-likeness (QED) is 0.726. The van der Waals surface area contributed by atoms with Crippen LogP contribution in [0.1, 0.15) is 26.4 Å². The van der Waals surface area contributed by atoms with Crippen molar-refractivity contribution >= 4 is 11.3 Å². The van der Waals surface area contributed by atoms with Gasteiger partial charge in [0.2, 0.25) is 0 Å². The molecule has 1 aromatic carbocycles. The van der Waals surface area contributed by atoms with Crippen LogP contribution in [-0.2, 0) is 0 Å².